The Bertz CT molecular complexity index is 319. The Balaban J connectivity index is 2.92. The van der Waals surface area contributed by atoms with Crippen molar-refractivity contribution in [3.8, 4) is 0 Å². The van der Waals surface area contributed by atoms with Gasteiger partial charge in [-0.25, -0.2) is 0 Å². The van der Waals surface area contributed by atoms with Gasteiger partial charge in [0.15, 0.2) is 0 Å². The SMILES string of the molecule is CC[C@@](C)(O)[C@H](CCO)[C@@H](C)c1ccccc1. The molecule has 17 heavy (non-hydrogen) atoms. The first kappa shape index (κ1) is 14.2. The summed E-state index contributed by atoms with van der Waals surface area (Å²) in [6, 6.07) is 10.2. The van der Waals surface area contributed by atoms with Gasteiger partial charge in [0.2, 0.25) is 0 Å². The smallest absolute Gasteiger partial charge is 0.0651 e. The average Bonchev–Trinajstić information content (AvgIpc) is 2.36. The third kappa shape index (κ3) is 3.55. The van der Waals surface area contributed by atoms with Crippen molar-refractivity contribution in [2.45, 2.75) is 45.1 Å². The summed E-state index contributed by atoms with van der Waals surface area (Å²) >= 11 is 0. The topological polar surface area (TPSA) is 40.5 Å². The zero-order valence-electron chi connectivity index (χ0n) is 11.1. The molecule has 0 aliphatic rings. The van der Waals surface area contributed by atoms with Gasteiger partial charge in [-0.1, -0.05) is 44.2 Å². The Hall–Kier alpha value is -0.860. The van der Waals surface area contributed by atoms with Crippen molar-refractivity contribution in [2.75, 3.05) is 6.61 Å². The van der Waals surface area contributed by atoms with Crippen molar-refractivity contribution in [1.82, 2.24) is 0 Å². The first-order valence-corrected chi connectivity index (χ1v) is 6.41. The molecule has 0 unspecified atom stereocenters. The minimum absolute atomic E-state index is 0.0832. The number of aliphatic hydroxyl groups is 2. The summed E-state index contributed by atoms with van der Waals surface area (Å²) in [6.07, 6.45) is 1.34. The summed E-state index contributed by atoms with van der Waals surface area (Å²) in [4.78, 5) is 0. The Morgan fingerprint density at radius 2 is 1.82 bits per heavy atom. The van der Waals surface area contributed by atoms with Crippen LogP contribution in [0.1, 0.15) is 45.1 Å². The van der Waals surface area contributed by atoms with E-state index >= 15 is 0 Å². The van der Waals surface area contributed by atoms with E-state index in [1.54, 1.807) is 0 Å². The average molecular weight is 236 g/mol. The molecule has 0 radical (unpaired) electrons. The standard InChI is InChI=1S/C15H24O2/c1-4-15(3,17)14(10-11-16)12(2)13-8-6-5-7-9-13/h5-9,12,14,16-17H,4,10-11H2,1-3H3/t12-,14+,15+/m0/s1. The van der Waals surface area contributed by atoms with Gasteiger partial charge in [-0.3, -0.25) is 0 Å². The number of aliphatic hydroxyl groups excluding tert-OH is 1. The van der Waals surface area contributed by atoms with Gasteiger partial charge in [-0.15, -0.1) is 0 Å². The van der Waals surface area contributed by atoms with E-state index in [2.05, 4.69) is 19.1 Å². The molecule has 0 aromatic heterocycles. The van der Waals surface area contributed by atoms with Crippen LogP contribution < -0.4 is 0 Å². The van der Waals surface area contributed by atoms with Crippen LogP contribution in [-0.4, -0.2) is 22.4 Å². The Labute approximate surface area is 104 Å². The second-order valence-corrected chi connectivity index (χ2v) is 5.03. The second-order valence-electron chi connectivity index (χ2n) is 5.03. The molecule has 2 nitrogen and oxygen atoms in total. The van der Waals surface area contributed by atoms with Crippen molar-refractivity contribution in [3.05, 3.63) is 35.9 Å². The van der Waals surface area contributed by atoms with Gasteiger partial charge in [-0.2, -0.15) is 0 Å². The van der Waals surface area contributed by atoms with Crippen molar-refractivity contribution in [1.29, 1.82) is 0 Å². The maximum atomic E-state index is 10.4. The summed E-state index contributed by atoms with van der Waals surface area (Å²) in [6.45, 7) is 6.10. The molecule has 2 heteroatoms. The van der Waals surface area contributed by atoms with Crippen LogP contribution in [0, 0.1) is 5.92 Å². The Morgan fingerprint density at radius 3 is 2.29 bits per heavy atom. The third-order valence-corrected chi connectivity index (χ3v) is 3.88. The van der Waals surface area contributed by atoms with Crippen molar-refractivity contribution in [3.63, 3.8) is 0 Å². The van der Waals surface area contributed by atoms with E-state index in [-0.39, 0.29) is 18.4 Å². The van der Waals surface area contributed by atoms with E-state index in [1.165, 1.54) is 5.56 Å². The highest BCUT2D eigenvalue weighted by atomic mass is 16.3. The molecular formula is C15H24O2. The molecule has 0 amide bonds. The minimum Gasteiger partial charge on any atom is -0.396 e. The molecule has 96 valence electrons. The second kappa shape index (κ2) is 6.18. The first-order valence-electron chi connectivity index (χ1n) is 6.41. The van der Waals surface area contributed by atoms with Crippen LogP contribution in [-0.2, 0) is 0 Å². The minimum atomic E-state index is -0.724. The van der Waals surface area contributed by atoms with Crippen LogP contribution in [0.2, 0.25) is 0 Å². The zero-order valence-corrected chi connectivity index (χ0v) is 11.1. The molecule has 0 aliphatic carbocycles. The van der Waals surface area contributed by atoms with E-state index < -0.39 is 5.60 Å². The summed E-state index contributed by atoms with van der Waals surface area (Å²) in [5.41, 5.74) is 0.498. The molecule has 0 heterocycles. The highest BCUT2D eigenvalue weighted by molar-refractivity contribution is 5.20. The predicted octanol–water partition coefficient (Wildman–Crippen LogP) is 2.95. The number of rotatable bonds is 6. The maximum absolute atomic E-state index is 10.4. The highest BCUT2D eigenvalue weighted by Gasteiger charge is 2.34. The van der Waals surface area contributed by atoms with Gasteiger partial charge in [0.1, 0.15) is 0 Å². The monoisotopic (exact) mass is 236 g/mol. The van der Waals surface area contributed by atoms with Crippen molar-refractivity contribution in [2.24, 2.45) is 5.92 Å². The molecule has 0 aliphatic heterocycles. The summed E-state index contributed by atoms with van der Waals surface area (Å²) in [5, 5.41) is 19.6. The van der Waals surface area contributed by atoms with Gasteiger partial charge >= 0.3 is 0 Å². The van der Waals surface area contributed by atoms with E-state index in [4.69, 9.17) is 0 Å². The van der Waals surface area contributed by atoms with Crippen LogP contribution in [0.5, 0.6) is 0 Å². The molecule has 0 bridgehead atoms. The summed E-state index contributed by atoms with van der Waals surface area (Å²) in [5.74, 6) is 0.332. The van der Waals surface area contributed by atoms with Crippen LogP contribution >= 0.6 is 0 Å². The fourth-order valence-corrected chi connectivity index (χ4v) is 2.49. The molecule has 1 aromatic carbocycles. The van der Waals surface area contributed by atoms with Crippen LogP contribution in [0.25, 0.3) is 0 Å². The molecule has 1 aromatic rings. The molecule has 0 spiro atoms. The van der Waals surface area contributed by atoms with E-state index in [1.807, 2.05) is 32.0 Å². The van der Waals surface area contributed by atoms with Crippen molar-refractivity contribution < 1.29 is 10.2 Å². The van der Waals surface area contributed by atoms with Gasteiger partial charge in [0, 0.05) is 6.61 Å². The Morgan fingerprint density at radius 1 is 1.24 bits per heavy atom. The predicted molar refractivity (Wildman–Crippen MR) is 71.0 cm³/mol. The quantitative estimate of drug-likeness (QED) is 0.797. The molecule has 0 fully saturated rings. The van der Waals surface area contributed by atoms with Gasteiger partial charge in [-0.05, 0) is 37.2 Å². The molecule has 1 rings (SSSR count). The first-order chi connectivity index (χ1) is 8.03. The number of hydrogen-bond donors (Lipinski definition) is 2. The van der Waals surface area contributed by atoms with Crippen LogP contribution in [0.3, 0.4) is 0 Å². The summed E-state index contributed by atoms with van der Waals surface area (Å²) < 4.78 is 0. The third-order valence-electron chi connectivity index (χ3n) is 3.88. The lowest BCUT2D eigenvalue weighted by Gasteiger charge is -2.36. The van der Waals surface area contributed by atoms with Crippen molar-refractivity contribution >= 4 is 0 Å². The normalized spacial score (nSPS) is 18.4. The molecule has 3 atom stereocenters. The van der Waals surface area contributed by atoms with E-state index in [0.717, 1.165) is 0 Å². The highest BCUT2D eigenvalue weighted by Crippen LogP contribution is 2.36. The lowest BCUT2D eigenvalue weighted by Crippen LogP contribution is -2.37. The summed E-state index contributed by atoms with van der Waals surface area (Å²) in [7, 11) is 0. The van der Waals surface area contributed by atoms with Gasteiger partial charge in [0.25, 0.3) is 0 Å². The maximum Gasteiger partial charge on any atom is 0.0651 e. The van der Waals surface area contributed by atoms with Crippen LogP contribution in [0.15, 0.2) is 30.3 Å². The van der Waals surface area contributed by atoms with E-state index in [0.29, 0.717) is 12.8 Å². The number of hydrogen-bond acceptors (Lipinski definition) is 2. The fraction of sp³-hybridized carbons (Fsp3) is 0.600. The molecule has 0 saturated carbocycles. The van der Waals surface area contributed by atoms with Gasteiger partial charge < -0.3 is 10.2 Å². The molecular weight excluding hydrogens is 212 g/mol. The van der Waals surface area contributed by atoms with Gasteiger partial charge in [0.05, 0.1) is 5.60 Å². The zero-order chi connectivity index (χ0) is 12.9. The lowest BCUT2D eigenvalue weighted by atomic mass is 9.74. The van der Waals surface area contributed by atoms with E-state index in [9.17, 15) is 10.2 Å². The van der Waals surface area contributed by atoms with Crippen LogP contribution in [0.4, 0.5) is 0 Å². The lowest BCUT2D eigenvalue weighted by molar-refractivity contribution is -0.0236. The molecule has 0 saturated heterocycles. The fourth-order valence-electron chi connectivity index (χ4n) is 2.49. The molecule has 2 N–H and O–H groups in total. The number of benzene rings is 1. The largest absolute Gasteiger partial charge is 0.396 e. The Kier molecular flexibility index (Phi) is 5.16.